The number of hydrogen-bond acceptors (Lipinski definition) is 5. The Labute approximate surface area is 167 Å². The molecule has 0 fully saturated rings. The Morgan fingerprint density at radius 3 is 2.33 bits per heavy atom. The van der Waals surface area contributed by atoms with Crippen LogP contribution in [0.2, 0.25) is 10.0 Å². The van der Waals surface area contributed by atoms with E-state index >= 15 is 0 Å². The fraction of sp³-hybridized carbons (Fsp3) is 0.235. The minimum atomic E-state index is -4.16. The average Bonchev–Trinajstić information content (AvgIpc) is 2.63. The highest BCUT2D eigenvalue weighted by atomic mass is 35.5. The Morgan fingerprint density at radius 1 is 1.07 bits per heavy atom. The van der Waals surface area contributed by atoms with Crippen LogP contribution in [0.4, 0.5) is 5.69 Å². The first kappa shape index (κ1) is 21.1. The van der Waals surface area contributed by atoms with Crippen molar-refractivity contribution in [3.05, 3.63) is 46.4 Å². The maximum Gasteiger partial charge on any atom is 0.305 e. The highest BCUT2D eigenvalue weighted by molar-refractivity contribution is 7.92. The van der Waals surface area contributed by atoms with Gasteiger partial charge in [-0.05, 0) is 30.3 Å². The van der Waals surface area contributed by atoms with Crippen LogP contribution in [0.3, 0.4) is 0 Å². The summed E-state index contributed by atoms with van der Waals surface area (Å²) in [7, 11) is -1.34. The summed E-state index contributed by atoms with van der Waals surface area (Å²) in [5.74, 6) is -0.522. The number of carbonyl (C=O) groups is 1. The molecule has 10 heteroatoms. The minimum absolute atomic E-state index is 0.0635. The van der Waals surface area contributed by atoms with Crippen LogP contribution in [0, 0.1) is 0 Å². The Kier molecular flexibility index (Phi) is 6.80. The molecule has 0 atom stereocenters. The monoisotopic (exact) mass is 433 g/mol. The smallest absolute Gasteiger partial charge is 0.305 e. The lowest BCUT2D eigenvalue weighted by Gasteiger charge is -2.26. The first-order valence-electron chi connectivity index (χ1n) is 7.62. The van der Waals surface area contributed by atoms with Gasteiger partial charge in [-0.3, -0.25) is 9.10 Å². The molecule has 0 aliphatic heterocycles. The number of ether oxygens (including phenoxy) is 2. The molecule has 0 aliphatic carbocycles. The third kappa shape index (κ3) is 4.77. The van der Waals surface area contributed by atoms with Crippen molar-refractivity contribution in [1.82, 2.24) is 0 Å². The molecule has 2 aromatic carbocycles. The van der Waals surface area contributed by atoms with Crippen molar-refractivity contribution >= 4 is 44.9 Å². The molecule has 1 N–H and O–H groups in total. The van der Waals surface area contributed by atoms with Gasteiger partial charge in [-0.25, -0.2) is 8.42 Å². The number of halogens is 2. The summed E-state index contributed by atoms with van der Waals surface area (Å²) in [6.07, 6.45) is -0.416. The highest BCUT2D eigenvalue weighted by Crippen LogP contribution is 2.36. The lowest BCUT2D eigenvalue weighted by Crippen LogP contribution is -2.33. The molecule has 0 spiro atoms. The molecule has 0 unspecified atom stereocenters. The summed E-state index contributed by atoms with van der Waals surface area (Å²) >= 11 is 11.8. The molecule has 0 radical (unpaired) electrons. The van der Waals surface area contributed by atoms with E-state index in [0.717, 1.165) is 4.31 Å². The third-order valence-corrected chi connectivity index (χ3v) is 6.21. The van der Waals surface area contributed by atoms with Crippen LogP contribution in [0.1, 0.15) is 6.42 Å². The van der Waals surface area contributed by atoms with Gasteiger partial charge in [0.25, 0.3) is 10.0 Å². The lowest BCUT2D eigenvalue weighted by molar-refractivity contribution is -0.136. The summed E-state index contributed by atoms with van der Waals surface area (Å²) in [6.45, 7) is -0.318. The van der Waals surface area contributed by atoms with Crippen molar-refractivity contribution in [1.29, 1.82) is 0 Å². The summed E-state index contributed by atoms with van der Waals surface area (Å²) < 4.78 is 37.8. The topological polar surface area (TPSA) is 93.1 Å². The Hall–Kier alpha value is -2.16. The van der Waals surface area contributed by atoms with E-state index in [0.29, 0.717) is 5.75 Å². The molecule has 0 saturated heterocycles. The Bertz CT molecular complexity index is 948. The number of nitrogens with zero attached hydrogens (tertiary/aromatic N) is 1. The standard InChI is InChI=1S/C17H17Cl2NO6S/c1-25-11-3-6-16(26-2)15(9-11)20(8-7-17(21)22)27(23,24)12-4-5-13(18)14(19)10-12/h3-6,9-10H,7-8H2,1-2H3,(H,21,22). The number of benzene rings is 2. The summed E-state index contributed by atoms with van der Waals surface area (Å²) in [5, 5.41) is 9.30. The molecule has 146 valence electrons. The fourth-order valence-electron chi connectivity index (χ4n) is 2.32. The highest BCUT2D eigenvalue weighted by Gasteiger charge is 2.29. The molecule has 2 rings (SSSR count). The van der Waals surface area contributed by atoms with E-state index in [4.69, 9.17) is 37.8 Å². The zero-order valence-corrected chi connectivity index (χ0v) is 16.8. The van der Waals surface area contributed by atoms with Gasteiger partial charge in [0.2, 0.25) is 0 Å². The molecular weight excluding hydrogens is 417 g/mol. The van der Waals surface area contributed by atoms with Crippen molar-refractivity contribution in [2.45, 2.75) is 11.3 Å². The van der Waals surface area contributed by atoms with Crippen molar-refractivity contribution in [2.24, 2.45) is 0 Å². The molecular formula is C17H17Cl2NO6S. The van der Waals surface area contributed by atoms with E-state index in [9.17, 15) is 13.2 Å². The van der Waals surface area contributed by atoms with Gasteiger partial charge in [0, 0.05) is 12.6 Å². The van der Waals surface area contributed by atoms with E-state index < -0.39 is 22.4 Å². The number of anilines is 1. The second-order valence-electron chi connectivity index (χ2n) is 5.33. The van der Waals surface area contributed by atoms with Crippen molar-refractivity contribution in [3.8, 4) is 11.5 Å². The van der Waals surface area contributed by atoms with Gasteiger partial charge < -0.3 is 14.6 Å². The molecule has 0 saturated carbocycles. The maximum atomic E-state index is 13.2. The van der Waals surface area contributed by atoms with E-state index in [2.05, 4.69) is 0 Å². The third-order valence-electron chi connectivity index (χ3n) is 3.66. The van der Waals surface area contributed by atoms with Crippen molar-refractivity contribution < 1.29 is 27.8 Å². The van der Waals surface area contributed by atoms with Crippen LogP contribution in [-0.4, -0.2) is 40.3 Å². The lowest BCUT2D eigenvalue weighted by atomic mass is 10.2. The summed E-state index contributed by atoms with van der Waals surface area (Å²) in [5.41, 5.74) is 0.143. The Morgan fingerprint density at radius 2 is 1.78 bits per heavy atom. The van der Waals surface area contributed by atoms with Crippen LogP contribution < -0.4 is 13.8 Å². The van der Waals surface area contributed by atoms with Crippen LogP contribution in [0.5, 0.6) is 11.5 Å². The molecule has 0 aliphatic rings. The second kappa shape index (κ2) is 8.69. The van der Waals surface area contributed by atoms with Gasteiger partial charge in [-0.15, -0.1) is 0 Å². The number of carboxylic acid groups (broad SMARTS) is 1. The number of carboxylic acids is 1. The zero-order chi connectivity index (χ0) is 20.2. The van der Waals surface area contributed by atoms with E-state index in [-0.39, 0.29) is 32.9 Å². The van der Waals surface area contributed by atoms with Gasteiger partial charge in [0.15, 0.2) is 0 Å². The molecule has 0 amide bonds. The van der Waals surface area contributed by atoms with Gasteiger partial charge in [-0.1, -0.05) is 23.2 Å². The number of hydrogen-bond donors (Lipinski definition) is 1. The quantitative estimate of drug-likeness (QED) is 0.682. The summed E-state index contributed by atoms with van der Waals surface area (Å²) in [4.78, 5) is 10.9. The molecule has 0 aromatic heterocycles. The fourth-order valence-corrected chi connectivity index (χ4v) is 4.18. The predicted molar refractivity (Wildman–Crippen MR) is 103 cm³/mol. The van der Waals surface area contributed by atoms with E-state index in [1.807, 2.05) is 0 Å². The van der Waals surface area contributed by atoms with Gasteiger partial charge in [0.05, 0.1) is 41.3 Å². The van der Waals surface area contributed by atoms with Crippen LogP contribution >= 0.6 is 23.2 Å². The van der Waals surface area contributed by atoms with Gasteiger partial charge in [-0.2, -0.15) is 0 Å². The predicted octanol–water partition coefficient (Wildman–Crippen LogP) is 3.68. The second-order valence-corrected chi connectivity index (χ2v) is 8.01. The number of sulfonamides is 1. The van der Waals surface area contributed by atoms with Crippen molar-refractivity contribution in [2.75, 3.05) is 25.1 Å². The molecule has 7 nitrogen and oxygen atoms in total. The molecule has 0 bridgehead atoms. The van der Waals surface area contributed by atoms with Gasteiger partial charge in [0.1, 0.15) is 11.5 Å². The summed E-state index contributed by atoms with van der Waals surface area (Å²) in [6, 6.07) is 8.45. The van der Waals surface area contributed by atoms with E-state index in [1.165, 1.54) is 44.6 Å². The SMILES string of the molecule is COc1ccc(OC)c(N(CCC(=O)O)S(=O)(=O)c2ccc(Cl)c(Cl)c2)c1. The maximum absolute atomic E-state index is 13.2. The minimum Gasteiger partial charge on any atom is -0.497 e. The molecule has 2 aromatic rings. The molecule has 27 heavy (non-hydrogen) atoms. The normalized spacial score (nSPS) is 11.1. The first-order valence-corrected chi connectivity index (χ1v) is 9.82. The van der Waals surface area contributed by atoms with Crippen LogP contribution in [-0.2, 0) is 14.8 Å². The van der Waals surface area contributed by atoms with Gasteiger partial charge >= 0.3 is 5.97 Å². The number of rotatable bonds is 8. The van der Waals surface area contributed by atoms with Crippen LogP contribution in [0.25, 0.3) is 0 Å². The first-order chi connectivity index (χ1) is 12.7. The van der Waals surface area contributed by atoms with Crippen molar-refractivity contribution in [3.63, 3.8) is 0 Å². The van der Waals surface area contributed by atoms with E-state index in [1.54, 1.807) is 6.07 Å². The average molecular weight is 434 g/mol. The number of methoxy groups -OCH3 is 2. The largest absolute Gasteiger partial charge is 0.497 e. The molecule has 0 heterocycles. The number of aliphatic carboxylic acids is 1. The van der Waals surface area contributed by atoms with Crippen LogP contribution in [0.15, 0.2) is 41.3 Å². The zero-order valence-electron chi connectivity index (χ0n) is 14.5. The Balaban J connectivity index is 2.63.